The van der Waals surface area contributed by atoms with Gasteiger partial charge in [0.25, 0.3) is 0 Å². The fourth-order valence-corrected chi connectivity index (χ4v) is 3.43. The van der Waals surface area contributed by atoms with Crippen LogP contribution in [-0.2, 0) is 20.7 Å². The van der Waals surface area contributed by atoms with E-state index in [2.05, 4.69) is 10.3 Å². The molecule has 3 rings (SSSR count). The van der Waals surface area contributed by atoms with Crippen molar-refractivity contribution in [3.8, 4) is 0 Å². The Morgan fingerprint density at radius 3 is 2.66 bits per heavy atom. The van der Waals surface area contributed by atoms with Gasteiger partial charge in [0.1, 0.15) is 5.82 Å². The standard InChI is InChI=1S/C21H24N4O4/c1-3-29-20(27)18-16(11-14-9-10-23-17(22)12-14)19(26)25(18)21(28)24-13(2)15-7-5-4-6-8-15/h4-10,12-13,16,18H,3,11H2,1-2H3,(H2,22,23)(H,24,28)/t13-,16?,18+/m1/s1. The molecule has 8 nitrogen and oxygen atoms in total. The van der Waals surface area contributed by atoms with Crippen LogP contribution in [0.1, 0.15) is 31.0 Å². The van der Waals surface area contributed by atoms with Crippen LogP contribution in [0.5, 0.6) is 0 Å². The highest BCUT2D eigenvalue weighted by Crippen LogP contribution is 2.32. The number of urea groups is 1. The summed E-state index contributed by atoms with van der Waals surface area (Å²) in [6, 6.07) is 10.8. The van der Waals surface area contributed by atoms with Crippen LogP contribution in [0, 0.1) is 5.92 Å². The summed E-state index contributed by atoms with van der Waals surface area (Å²) in [5.74, 6) is -1.38. The number of pyridine rings is 1. The van der Waals surface area contributed by atoms with E-state index in [0.29, 0.717) is 5.82 Å². The predicted molar refractivity (Wildman–Crippen MR) is 106 cm³/mol. The van der Waals surface area contributed by atoms with Gasteiger partial charge in [-0.2, -0.15) is 0 Å². The third-order valence-electron chi connectivity index (χ3n) is 4.90. The summed E-state index contributed by atoms with van der Waals surface area (Å²) in [7, 11) is 0. The van der Waals surface area contributed by atoms with E-state index in [1.165, 1.54) is 0 Å². The Morgan fingerprint density at radius 1 is 1.28 bits per heavy atom. The van der Waals surface area contributed by atoms with E-state index in [-0.39, 0.29) is 19.1 Å². The second-order valence-electron chi connectivity index (χ2n) is 6.89. The Kier molecular flexibility index (Phi) is 6.11. The van der Waals surface area contributed by atoms with Crippen molar-refractivity contribution in [3.63, 3.8) is 0 Å². The highest BCUT2D eigenvalue weighted by Gasteiger charge is 2.55. The number of carbonyl (C=O) groups excluding carboxylic acids is 3. The van der Waals surface area contributed by atoms with Gasteiger partial charge in [-0.15, -0.1) is 0 Å². The number of nitrogens with one attached hydrogen (secondary N) is 1. The number of ether oxygens (including phenoxy) is 1. The van der Waals surface area contributed by atoms with Crippen LogP contribution in [0.15, 0.2) is 48.7 Å². The van der Waals surface area contributed by atoms with Crippen molar-refractivity contribution in [2.75, 3.05) is 12.3 Å². The lowest BCUT2D eigenvalue weighted by Gasteiger charge is -2.44. The number of aromatic nitrogens is 1. The predicted octanol–water partition coefficient (Wildman–Crippen LogP) is 2.07. The van der Waals surface area contributed by atoms with Crippen LogP contribution in [0.2, 0.25) is 0 Å². The minimum Gasteiger partial charge on any atom is -0.464 e. The average Bonchev–Trinajstić information content (AvgIpc) is 2.70. The van der Waals surface area contributed by atoms with Crippen LogP contribution in [0.3, 0.4) is 0 Å². The third-order valence-corrected chi connectivity index (χ3v) is 4.90. The molecule has 2 heterocycles. The van der Waals surface area contributed by atoms with Gasteiger partial charge in [-0.3, -0.25) is 4.79 Å². The molecule has 0 spiro atoms. The third kappa shape index (κ3) is 4.37. The molecule has 29 heavy (non-hydrogen) atoms. The fraction of sp³-hybridized carbons (Fsp3) is 0.333. The first-order valence-corrected chi connectivity index (χ1v) is 9.48. The van der Waals surface area contributed by atoms with E-state index >= 15 is 0 Å². The lowest BCUT2D eigenvalue weighted by molar-refractivity contribution is -0.169. The van der Waals surface area contributed by atoms with Gasteiger partial charge >= 0.3 is 12.0 Å². The van der Waals surface area contributed by atoms with Gasteiger partial charge in [0.2, 0.25) is 5.91 Å². The molecular weight excluding hydrogens is 372 g/mol. The first-order valence-electron chi connectivity index (χ1n) is 9.48. The van der Waals surface area contributed by atoms with E-state index < -0.39 is 29.9 Å². The van der Waals surface area contributed by atoms with Gasteiger partial charge < -0.3 is 15.8 Å². The number of hydrogen-bond donors (Lipinski definition) is 2. The second-order valence-corrected chi connectivity index (χ2v) is 6.89. The summed E-state index contributed by atoms with van der Waals surface area (Å²) in [6.07, 6.45) is 1.81. The molecular formula is C21H24N4O4. The number of anilines is 1. The minimum absolute atomic E-state index is 0.161. The summed E-state index contributed by atoms with van der Waals surface area (Å²) < 4.78 is 5.11. The number of nitrogen functional groups attached to an aromatic ring is 1. The van der Waals surface area contributed by atoms with Crippen molar-refractivity contribution >= 4 is 23.7 Å². The van der Waals surface area contributed by atoms with Gasteiger partial charge in [-0.25, -0.2) is 19.5 Å². The number of carbonyl (C=O) groups is 3. The van der Waals surface area contributed by atoms with Crippen molar-refractivity contribution < 1.29 is 19.1 Å². The second kappa shape index (κ2) is 8.72. The zero-order valence-electron chi connectivity index (χ0n) is 16.4. The quantitative estimate of drug-likeness (QED) is 0.571. The molecule has 8 heteroatoms. The Balaban J connectivity index is 1.75. The number of likely N-dealkylation sites (tertiary alicyclic amines) is 1. The maximum absolute atomic E-state index is 12.7. The molecule has 0 radical (unpaired) electrons. The number of esters is 1. The molecule has 1 aromatic heterocycles. The molecule has 1 saturated heterocycles. The number of β-lactam (4-membered cyclic amide) rings is 1. The van der Waals surface area contributed by atoms with E-state index in [1.807, 2.05) is 37.3 Å². The largest absolute Gasteiger partial charge is 0.464 e. The number of rotatable bonds is 6. The number of nitrogens with zero attached hydrogens (tertiary/aromatic N) is 2. The molecule has 0 saturated carbocycles. The zero-order chi connectivity index (χ0) is 21.0. The van der Waals surface area contributed by atoms with E-state index in [1.54, 1.807) is 25.3 Å². The molecule has 1 fully saturated rings. The number of nitrogens with two attached hydrogens (primary N) is 1. The molecule has 1 aromatic carbocycles. The minimum atomic E-state index is -0.972. The van der Waals surface area contributed by atoms with Gasteiger partial charge in [0, 0.05) is 6.20 Å². The maximum atomic E-state index is 12.7. The lowest BCUT2D eigenvalue weighted by atomic mass is 9.82. The topological polar surface area (TPSA) is 115 Å². The molecule has 0 aliphatic carbocycles. The van der Waals surface area contributed by atoms with Crippen molar-refractivity contribution in [3.05, 3.63) is 59.8 Å². The Morgan fingerprint density at radius 2 is 2.00 bits per heavy atom. The fourth-order valence-electron chi connectivity index (χ4n) is 3.43. The van der Waals surface area contributed by atoms with E-state index in [4.69, 9.17) is 10.5 Å². The normalized spacial score (nSPS) is 19.2. The molecule has 3 amide bonds. The Bertz CT molecular complexity index is 903. The van der Waals surface area contributed by atoms with Gasteiger partial charge in [-0.05, 0) is 43.5 Å². The number of benzene rings is 1. The summed E-state index contributed by atoms with van der Waals surface area (Å²) in [5, 5.41) is 2.78. The Labute approximate surface area is 169 Å². The van der Waals surface area contributed by atoms with Gasteiger partial charge in [-0.1, -0.05) is 30.3 Å². The van der Waals surface area contributed by atoms with E-state index in [0.717, 1.165) is 16.0 Å². The average molecular weight is 396 g/mol. The summed E-state index contributed by atoms with van der Waals surface area (Å²) >= 11 is 0. The van der Waals surface area contributed by atoms with Crippen LogP contribution in [0.25, 0.3) is 0 Å². The van der Waals surface area contributed by atoms with Crippen LogP contribution in [-0.4, -0.2) is 40.4 Å². The first-order chi connectivity index (χ1) is 13.9. The smallest absolute Gasteiger partial charge is 0.330 e. The molecule has 1 aliphatic rings. The maximum Gasteiger partial charge on any atom is 0.330 e. The van der Waals surface area contributed by atoms with Crippen molar-refractivity contribution in [1.82, 2.24) is 15.2 Å². The van der Waals surface area contributed by atoms with Crippen molar-refractivity contribution in [2.45, 2.75) is 32.4 Å². The Hall–Kier alpha value is -3.42. The number of hydrogen-bond acceptors (Lipinski definition) is 6. The number of amides is 3. The zero-order valence-corrected chi connectivity index (χ0v) is 16.4. The first kappa shape index (κ1) is 20.3. The van der Waals surface area contributed by atoms with E-state index in [9.17, 15) is 14.4 Å². The molecule has 1 aliphatic heterocycles. The highest BCUT2D eigenvalue weighted by atomic mass is 16.5. The van der Waals surface area contributed by atoms with Crippen molar-refractivity contribution in [1.29, 1.82) is 0 Å². The lowest BCUT2D eigenvalue weighted by Crippen LogP contribution is -2.69. The molecule has 2 aromatic rings. The SMILES string of the molecule is CCOC(=O)[C@@H]1C(Cc2ccnc(N)c2)C(=O)N1C(=O)N[C@H](C)c1ccccc1. The number of imide groups is 1. The summed E-state index contributed by atoms with van der Waals surface area (Å²) in [5.41, 5.74) is 7.35. The van der Waals surface area contributed by atoms with Gasteiger partial charge in [0.15, 0.2) is 6.04 Å². The molecule has 0 bridgehead atoms. The highest BCUT2D eigenvalue weighted by molar-refractivity contribution is 6.08. The van der Waals surface area contributed by atoms with Crippen LogP contribution >= 0.6 is 0 Å². The molecule has 152 valence electrons. The summed E-state index contributed by atoms with van der Waals surface area (Å²) in [6.45, 7) is 3.65. The molecule has 3 atom stereocenters. The van der Waals surface area contributed by atoms with Crippen molar-refractivity contribution in [2.24, 2.45) is 5.92 Å². The van der Waals surface area contributed by atoms with Crippen LogP contribution in [0.4, 0.5) is 10.6 Å². The van der Waals surface area contributed by atoms with Gasteiger partial charge in [0.05, 0.1) is 18.6 Å². The molecule has 3 N–H and O–H groups in total. The van der Waals surface area contributed by atoms with Crippen LogP contribution < -0.4 is 11.1 Å². The summed E-state index contributed by atoms with van der Waals surface area (Å²) in [4.78, 5) is 42.8. The monoisotopic (exact) mass is 396 g/mol. The molecule has 1 unspecified atom stereocenters.